The Morgan fingerprint density at radius 2 is 2.03 bits per heavy atom. The summed E-state index contributed by atoms with van der Waals surface area (Å²) in [6, 6.07) is 5.85. The molecule has 5 heterocycles. The standard InChI is InChI=1S/C27H28FN7O/c1-16-15-34(22-5-7-33(8-6-22)17(2)36)27-24(16)25(29)35-26(32-27)23(14-31-35)21-10-20-9-18(11-28)3-4-19(20)12-30-13-21/h3-4,9-10,13-15,22H,5-8,11-12,29H2,1-2H3. The molecule has 4 aromatic rings. The number of nitrogens with two attached hydrogens (primary N) is 1. The summed E-state index contributed by atoms with van der Waals surface area (Å²) in [5.74, 6) is 0.665. The van der Waals surface area contributed by atoms with Gasteiger partial charge in [0.1, 0.15) is 18.1 Å². The Kier molecular flexibility index (Phi) is 5.35. The Balaban J connectivity index is 1.47. The van der Waals surface area contributed by atoms with Crippen molar-refractivity contribution in [3.05, 3.63) is 58.4 Å². The highest BCUT2D eigenvalue weighted by atomic mass is 19.1. The molecular formula is C27H28FN7O. The predicted octanol–water partition coefficient (Wildman–Crippen LogP) is 4.35. The number of aliphatic imine (C=N–C) groups is 1. The van der Waals surface area contributed by atoms with Gasteiger partial charge in [-0.1, -0.05) is 12.1 Å². The third-order valence-corrected chi connectivity index (χ3v) is 7.42. The third-order valence-electron chi connectivity index (χ3n) is 7.42. The van der Waals surface area contributed by atoms with Crippen LogP contribution < -0.4 is 5.73 Å². The predicted molar refractivity (Wildman–Crippen MR) is 139 cm³/mol. The fourth-order valence-corrected chi connectivity index (χ4v) is 5.44. The number of carbonyl (C=O) groups is 1. The summed E-state index contributed by atoms with van der Waals surface area (Å²) in [5.41, 5.74) is 13.5. The van der Waals surface area contributed by atoms with Crippen molar-refractivity contribution >= 4 is 46.3 Å². The number of likely N-dealkylation sites (tertiary alicyclic amines) is 1. The monoisotopic (exact) mass is 485 g/mol. The van der Waals surface area contributed by atoms with Crippen LogP contribution in [-0.2, 0) is 18.0 Å². The summed E-state index contributed by atoms with van der Waals surface area (Å²) in [5, 5.41) is 5.47. The highest BCUT2D eigenvalue weighted by Gasteiger charge is 2.26. The summed E-state index contributed by atoms with van der Waals surface area (Å²) in [4.78, 5) is 23.4. The highest BCUT2D eigenvalue weighted by molar-refractivity contribution is 6.18. The number of carbonyl (C=O) groups excluding carboxylic acids is 1. The zero-order chi connectivity index (χ0) is 25.0. The van der Waals surface area contributed by atoms with Gasteiger partial charge in [-0.2, -0.15) is 9.61 Å². The van der Waals surface area contributed by atoms with E-state index in [1.165, 1.54) is 0 Å². The summed E-state index contributed by atoms with van der Waals surface area (Å²) >= 11 is 0. The molecule has 1 saturated heterocycles. The number of fused-ring (bicyclic) bond motifs is 3. The lowest BCUT2D eigenvalue weighted by Crippen LogP contribution is -2.37. The maximum atomic E-state index is 13.3. The molecule has 8 nitrogen and oxygen atoms in total. The second kappa shape index (κ2) is 8.58. The minimum Gasteiger partial charge on any atom is -0.383 e. The Morgan fingerprint density at radius 3 is 2.78 bits per heavy atom. The minimum atomic E-state index is -0.508. The smallest absolute Gasteiger partial charge is 0.219 e. The number of halogens is 1. The quantitative estimate of drug-likeness (QED) is 0.467. The van der Waals surface area contributed by atoms with Crippen molar-refractivity contribution in [1.29, 1.82) is 0 Å². The van der Waals surface area contributed by atoms with Crippen LogP contribution in [0, 0.1) is 6.92 Å². The molecule has 1 fully saturated rings. The number of amides is 1. The molecule has 0 saturated carbocycles. The summed E-state index contributed by atoms with van der Waals surface area (Å²) < 4.78 is 17.2. The van der Waals surface area contributed by atoms with Crippen LogP contribution in [0.3, 0.4) is 0 Å². The van der Waals surface area contributed by atoms with Crippen molar-refractivity contribution in [2.75, 3.05) is 18.8 Å². The molecule has 6 rings (SSSR count). The highest BCUT2D eigenvalue weighted by Crippen LogP contribution is 2.34. The van der Waals surface area contributed by atoms with Crippen LogP contribution in [0.5, 0.6) is 0 Å². The number of alkyl halides is 1. The van der Waals surface area contributed by atoms with E-state index in [4.69, 9.17) is 10.7 Å². The first-order chi connectivity index (χ1) is 17.4. The Morgan fingerprint density at radius 1 is 1.22 bits per heavy atom. The molecule has 36 heavy (non-hydrogen) atoms. The second-order valence-electron chi connectivity index (χ2n) is 9.68. The number of hydrogen-bond donors (Lipinski definition) is 1. The molecule has 2 aliphatic rings. The van der Waals surface area contributed by atoms with Gasteiger partial charge in [-0.25, -0.2) is 9.37 Å². The number of aryl methyl sites for hydroxylation is 1. The van der Waals surface area contributed by atoms with Crippen molar-refractivity contribution in [1.82, 2.24) is 24.1 Å². The van der Waals surface area contributed by atoms with Crippen molar-refractivity contribution in [3.63, 3.8) is 0 Å². The Labute approximate surface area is 207 Å². The first-order valence-corrected chi connectivity index (χ1v) is 12.2. The molecule has 0 spiro atoms. The van der Waals surface area contributed by atoms with E-state index in [2.05, 4.69) is 20.9 Å². The van der Waals surface area contributed by atoms with Gasteiger partial charge in [0.25, 0.3) is 0 Å². The van der Waals surface area contributed by atoms with Crippen molar-refractivity contribution in [3.8, 4) is 0 Å². The maximum absolute atomic E-state index is 13.3. The topological polar surface area (TPSA) is 93.8 Å². The van der Waals surface area contributed by atoms with Gasteiger partial charge >= 0.3 is 0 Å². The van der Waals surface area contributed by atoms with Crippen molar-refractivity contribution in [2.45, 2.75) is 46.0 Å². The van der Waals surface area contributed by atoms with E-state index in [1.54, 1.807) is 23.7 Å². The van der Waals surface area contributed by atoms with Crippen LogP contribution in [-0.4, -0.2) is 49.3 Å². The van der Waals surface area contributed by atoms with E-state index in [0.717, 1.165) is 64.8 Å². The van der Waals surface area contributed by atoms with Gasteiger partial charge in [-0.05, 0) is 54.2 Å². The summed E-state index contributed by atoms with van der Waals surface area (Å²) in [7, 11) is 0. The van der Waals surface area contributed by atoms with E-state index in [9.17, 15) is 9.18 Å². The first kappa shape index (κ1) is 22.5. The number of nitrogens with zero attached hydrogens (tertiary/aromatic N) is 6. The molecule has 184 valence electrons. The van der Waals surface area contributed by atoms with Gasteiger partial charge in [0.15, 0.2) is 5.65 Å². The average Bonchev–Trinajstić information content (AvgIpc) is 3.38. The van der Waals surface area contributed by atoms with Crippen LogP contribution in [0.4, 0.5) is 10.2 Å². The van der Waals surface area contributed by atoms with E-state index < -0.39 is 6.67 Å². The van der Waals surface area contributed by atoms with Gasteiger partial charge in [-0.3, -0.25) is 9.79 Å². The second-order valence-corrected chi connectivity index (χ2v) is 9.68. The Hall–Kier alpha value is -4.01. The van der Waals surface area contributed by atoms with Gasteiger partial charge in [0, 0.05) is 49.6 Å². The van der Waals surface area contributed by atoms with Crippen LogP contribution in [0.15, 0.2) is 35.6 Å². The Bertz CT molecular complexity index is 1570. The van der Waals surface area contributed by atoms with E-state index in [-0.39, 0.29) is 11.9 Å². The van der Waals surface area contributed by atoms with Crippen LogP contribution in [0.25, 0.3) is 28.3 Å². The largest absolute Gasteiger partial charge is 0.383 e. The number of hydrogen-bond acceptors (Lipinski definition) is 5. The lowest BCUT2D eigenvalue weighted by molar-refractivity contribution is -0.130. The molecule has 3 aromatic heterocycles. The fourth-order valence-electron chi connectivity index (χ4n) is 5.44. The summed E-state index contributed by atoms with van der Waals surface area (Å²) in [6.45, 7) is 5.15. The van der Waals surface area contributed by atoms with Crippen LogP contribution in [0.1, 0.15) is 53.6 Å². The average molecular weight is 486 g/mol. The zero-order valence-corrected chi connectivity index (χ0v) is 20.4. The molecule has 2 N–H and O–H groups in total. The number of piperidine rings is 1. The number of aromatic nitrogens is 4. The lowest BCUT2D eigenvalue weighted by atomic mass is 10.0. The zero-order valence-electron chi connectivity index (χ0n) is 20.4. The third kappa shape index (κ3) is 3.57. The van der Waals surface area contributed by atoms with E-state index in [1.807, 2.05) is 36.2 Å². The fraction of sp³-hybridized carbons (Fsp3) is 0.333. The van der Waals surface area contributed by atoms with Gasteiger partial charge < -0.3 is 15.2 Å². The molecule has 1 amide bonds. The van der Waals surface area contributed by atoms with Gasteiger partial charge in [0.05, 0.1) is 18.1 Å². The number of anilines is 1. The molecule has 9 heteroatoms. The van der Waals surface area contributed by atoms with E-state index in [0.29, 0.717) is 23.6 Å². The molecule has 0 unspecified atom stereocenters. The number of rotatable bonds is 3. The number of nitrogen functional groups attached to an aromatic ring is 1. The normalized spacial score (nSPS) is 16.4. The van der Waals surface area contributed by atoms with Crippen molar-refractivity contribution < 1.29 is 9.18 Å². The molecule has 2 aliphatic heterocycles. The molecular weight excluding hydrogens is 457 g/mol. The van der Waals surface area contributed by atoms with Crippen LogP contribution in [0.2, 0.25) is 0 Å². The minimum absolute atomic E-state index is 0.119. The number of allylic oxidation sites excluding steroid dienone is 1. The lowest BCUT2D eigenvalue weighted by Gasteiger charge is -2.32. The maximum Gasteiger partial charge on any atom is 0.219 e. The summed E-state index contributed by atoms with van der Waals surface area (Å²) in [6.07, 6.45) is 9.47. The van der Waals surface area contributed by atoms with Gasteiger partial charge in [0.2, 0.25) is 5.91 Å². The molecule has 1 aromatic carbocycles. The SMILES string of the molecule is CC(=O)N1CCC(n2cc(C)c3c(N)n4ncc(C5=Cc6cc(CF)ccc6CN=C5)c4nc32)CC1. The molecule has 0 radical (unpaired) electrons. The molecule has 0 bridgehead atoms. The van der Waals surface area contributed by atoms with Gasteiger partial charge in [-0.15, -0.1) is 0 Å². The number of benzene rings is 1. The van der Waals surface area contributed by atoms with Crippen molar-refractivity contribution in [2.24, 2.45) is 4.99 Å². The molecule has 0 aliphatic carbocycles. The molecule has 0 atom stereocenters. The first-order valence-electron chi connectivity index (χ1n) is 12.2. The van der Waals surface area contributed by atoms with Crippen LogP contribution >= 0.6 is 0 Å². The van der Waals surface area contributed by atoms with E-state index >= 15 is 0 Å².